The number of alkyl halides is 3. The number of hydrogen-bond donors (Lipinski definition) is 0. The smallest absolute Gasteiger partial charge is 0.408 e. The third-order valence-electron chi connectivity index (χ3n) is 5.96. The predicted molar refractivity (Wildman–Crippen MR) is 130 cm³/mol. The van der Waals surface area contributed by atoms with E-state index < -0.39 is 12.7 Å². The highest BCUT2D eigenvalue weighted by Crippen LogP contribution is 2.41. The Morgan fingerprint density at radius 3 is 2.64 bits per heavy atom. The van der Waals surface area contributed by atoms with Crippen LogP contribution in [0.25, 0.3) is 33.2 Å². The molecule has 0 aliphatic carbocycles. The second kappa shape index (κ2) is 9.20. The quantitative estimate of drug-likeness (QED) is 0.305. The molecule has 0 fully saturated rings. The molecule has 5 rings (SSSR count). The number of fused-ring (bicyclic) bond motifs is 3. The number of ether oxygens (including phenoxy) is 2. The van der Waals surface area contributed by atoms with Crippen molar-refractivity contribution >= 4 is 11.3 Å². The molecule has 1 aliphatic heterocycles. The zero-order valence-corrected chi connectivity index (χ0v) is 20.8. The minimum Gasteiger partial charge on any atom is -0.492 e. The van der Waals surface area contributed by atoms with Crippen LogP contribution in [0.2, 0.25) is 0 Å². The van der Waals surface area contributed by atoms with Gasteiger partial charge in [-0.05, 0) is 44.0 Å². The van der Waals surface area contributed by atoms with Gasteiger partial charge in [0.05, 0.1) is 12.3 Å². The molecule has 11 heteroatoms. The standard InChI is InChI=1S/C25H24F3N5O2S/c1-4-24(2,3)35-20-8-6-16(12-29-20)15-5-7-17-18(11-15)34-10-9-19-21(17)32-23(36-19)22-30-14-31-33(22)13-25(26,27)28/h5-8,11-12,14H,4,9-10,13H2,1-3H3. The molecule has 0 amide bonds. The van der Waals surface area contributed by atoms with Crippen LogP contribution in [-0.4, -0.2) is 43.1 Å². The third-order valence-corrected chi connectivity index (χ3v) is 7.07. The van der Waals surface area contributed by atoms with Gasteiger partial charge >= 0.3 is 6.18 Å². The van der Waals surface area contributed by atoms with Gasteiger partial charge in [0.25, 0.3) is 0 Å². The Morgan fingerprint density at radius 2 is 1.92 bits per heavy atom. The van der Waals surface area contributed by atoms with Gasteiger partial charge in [-0.2, -0.15) is 18.3 Å². The van der Waals surface area contributed by atoms with Crippen LogP contribution in [0.3, 0.4) is 0 Å². The van der Waals surface area contributed by atoms with Crippen LogP contribution in [0, 0.1) is 0 Å². The molecule has 0 atom stereocenters. The average Bonchev–Trinajstić information content (AvgIpc) is 3.41. The van der Waals surface area contributed by atoms with E-state index in [0.29, 0.717) is 35.4 Å². The first-order valence-corrected chi connectivity index (χ1v) is 12.3. The van der Waals surface area contributed by atoms with Gasteiger partial charge in [-0.15, -0.1) is 11.3 Å². The van der Waals surface area contributed by atoms with E-state index in [0.717, 1.165) is 39.0 Å². The van der Waals surface area contributed by atoms with E-state index in [-0.39, 0.29) is 11.4 Å². The minimum atomic E-state index is -4.40. The Morgan fingerprint density at radius 1 is 1.11 bits per heavy atom. The lowest BCUT2D eigenvalue weighted by atomic mass is 10.0. The Kier molecular flexibility index (Phi) is 6.19. The minimum absolute atomic E-state index is 0.101. The Hall–Kier alpha value is -3.47. The largest absolute Gasteiger partial charge is 0.492 e. The molecule has 0 spiro atoms. The van der Waals surface area contributed by atoms with E-state index >= 15 is 0 Å². The second-order valence-electron chi connectivity index (χ2n) is 9.06. The molecule has 1 aliphatic rings. The van der Waals surface area contributed by atoms with Crippen molar-refractivity contribution in [2.45, 2.75) is 51.9 Å². The summed E-state index contributed by atoms with van der Waals surface area (Å²) in [5.74, 6) is 1.33. The van der Waals surface area contributed by atoms with Gasteiger partial charge in [-0.25, -0.2) is 19.6 Å². The number of rotatable bonds is 6. The van der Waals surface area contributed by atoms with E-state index in [1.807, 2.05) is 44.2 Å². The molecule has 0 bridgehead atoms. The molecule has 0 radical (unpaired) electrons. The summed E-state index contributed by atoms with van der Waals surface area (Å²) in [6.45, 7) is 5.31. The highest BCUT2D eigenvalue weighted by molar-refractivity contribution is 7.15. The Balaban J connectivity index is 1.44. The van der Waals surface area contributed by atoms with Crippen LogP contribution >= 0.6 is 11.3 Å². The first-order valence-electron chi connectivity index (χ1n) is 11.5. The van der Waals surface area contributed by atoms with Crippen molar-refractivity contribution in [1.82, 2.24) is 24.7 Å². The van der Waals surface area contributed by atoms with E-state index in [4.69, 9.17) is 9.47 Å². The lowest BCUT2D eigenvalue weighted by Crippen LogP contribution is -2.27. The lowest BCUT2D eigenvalue weighted by molar-refractivity contribution is -0.142. The number of pyridine rings is 1. The monoisotopic (exact) mass is 515 g/mol. The maximum atomic E-state index is 12.9. The van der Waals surface area contributed by atoms with Crippen molar-refractivity contribution < 1.29 is 22.6 Å². The van der Waals surface area contributed by atoms with Crippen molar-refractivity contribution in [3.05, 3.63) is 47.7 Å². The number of benzene rings is 1. The summed E-state index contributed by atoms with van der Waals surface area (Å²) in [7, 11) is 0. The van der Waals surface area contributed by atoms with Crippen molar-refractivity contribution in [3.63, 3.8) is 0 Å². The molecule has 4 aromatic rings. The normalized spacial score (nSPS) is 13.5. The summed E-state index contributed by atoms with van der Waals surface area (Å²) in [6.07, 6.45) is -0.0755. The van der Waals surface area contributed by atoms with Gasteiger partial charge in [-0.1, -0.05) is 13.0 Å². The molecule has 0 N–H and O–H groups in total. The first-order chi connectivity index (χ1) is 17.1. The van der Waals surface area contributed by atoms with E-state index in [2.05, 4.69) is 27.0 Å². The van der Waals surface area contributed by atoms with Crippen molar-refractivity contribution in [2.75, 3.05) is 6.61 Å². The van der Waals surface area contributed by atoms with Gasteiger partial charge in [0.2, 0.25) is 5.88 Å². The summed E-state index contributed by atoms with van der Waals surface area (Å²) in [4.78, 5) is 14.1. The molecule has 7 nitrogen and oxygen atoms in total. The molecule has 3 aromatic heterocycles. The van der Waals surface area contributed by atoms with Crippen LogP contribution in [0.15, 0.2) is 42.9 Å². The SMILES string of the molecule is CCC(C)(C)Oc1ccc(-c2ccc3c(c2)OCCc2sc(-c4ncnn4CC(F)(F)F)nc2-3)cn1. The molecule has 0 saturated heterocycles. The highest BCUT2D eigenvalue weighted by atomic mass is 32.1. The zero-order chi connectivity index (χ0) is 25.5. The first kappa shape index (κ1) is 24.2. The highest BCUT2D eigenvalue weighted by Gasteiger charge is 2.31. The van der Waals surface area contributed by atoms with Gasteiger partial charge < -0.3 is 9.47 Å². The van der Waals surface area contributed by atoms with Crippen LogP contribution in [0.1, 0.15) is 32.1 Å². The molecule has 0 saturated carbocycles. The number of halogens is 3. The molecule has 188 valence electrons. The van der Waals surface area contributed by atoms with E-state index in [9.17, 15) is 13.2 Å². The summed E-state index contributed by atoms with van der Waals surface area (Å²) < 4.78 is 51.6. The fourth-order valence-corrected chi connectivity index (χ4v) is 4.84. The number of hydrogen-bond acceptors (Lipinski definition) is 7. The maximum absolute atomic E-state index is 12.9. The maximum Gasteiger partial charge on any atom is 0.408 e. The van der Waals surface area contributed by atoms with Gasteiger partial charge in [0.1, 0.15) is 24.2 Å². The topological polar surface area (TPSA) is 75.0 Å². The summed E-state index contributed by atoms with van der Waals surface area (Å²) in [6, 6.07) is 9.61. The van der Waals surface area contributed by atoms with Crippen LogP contribution in [-0.2, 0) is 13.0 Å². The fourth-order valence-electron chi connectivity index (χ4n) is 3.78. The number of aromatic nitrogens is 5. The molecular formula is C25H24F3N5O2S. The lowest BCUT2D eigenvalue weighted by Gasteiger charge is -2.23. The van der Waals surface area contributed by atoms with Crippen LogP contribution < -0.4 is 9.47 Å². The second-order valence-corrected chi connectivity index (χ2v) is 10.1. The molecule has 1 aromatic carbocycles. The van der Waals surface area contributed by atoms with Crippen LogP contribution in [0.4, 0.5) is 13.2 Å². The van der Waals surface area contributed by atoms with Gasteiger partial charge in [0, 0.05) is 34.7 Å². The molecule has 4 heterocycles. The summed E-state index contributed by atoms with van der Waals surface area (Å²) in [5.41, 5.74) is 3.02. The fraction of sp³-hybridized carbons (Fsp3) is 0.360. The third kappa shape index (κ3) is 5.06. The number of thiazole rings is 1. The zero-order valence-electron chi connectivity index (χ0n) is 20.0. The number of nitrogens with zero attached hydrogens (tertiary/aromatic N) is 5. The predicted octanol–water partition coefficient (Wildman–Crippen LogP) is 6.20. The average molecular weight is 516 g/mol. The van der Waals surface area contributed by atoms with Crippen molar-refractivity contribution in [3.8, 4) is 44.8 Å². The molecule has 36 heavy (non-hydrogen) atoms. The summed E-state index contributed by atoms with van der Waals surface area (Å²) >= 11 is 1.31. The Labute approximate surface area is 210 Å². The van der Waals surface area contributed by atoms with E-state index in [1.54, 1.807) is 6.20 Å². The van der Waals surface area contributed by atoms with E-state index in [1.165, 1.54) is 11.3 Å². The van der Waals surface area contributed by atoms with Crippen LogP contribution in [0.5, 0.6) is 11.6 Å². The van der Waals surface area contributed by atoms with Gasteiger partial charge in [-0.3, -0.25) is 0 Å². The molecule has 0 unspecified atom stereocenters. The van der Waals surface area contributed by atoms with Gasteiger partial charge in [0.15, 0.2) is 10.8 Å². The molecular weight excluding hydrogens is 491 g/mol. The Bertz CT molecular complexity index is 1380. The van der Waals surface area contributed by atoms with Crippen molar-refractivity contribution in [1.29, 1.82) is 0 Å². The summed E-state index contributed by atoms with van der Waals surface area (Å²) in [5, 5.41) is 4.13. The van der Waals surface area contributed by atoms with Crippen molar-refractivity contribution in [2.24, 2.45) is 0 Å².